The molecule has 1 rings (SSSR count). The Balaban J connectivity index is 2.67. The van der Waals surface area contributed by atoms with Gasteiger partial charge in [-0.15, -0.1) is 0 Å². The van der Waals surface area contributed by atoms with Gasteiger partial charge in [0.15, 0.2) is 0 Å². The molecule has 0 heterocycles. The smallest absolute Gasteiger partial charge is 0.318 e. The van der Waals surface area contributed by atoms with Crippen LogP contribution in [0, 0.1) is 5.92 Å². The first-order valence-corrected chi connectivity index (χ1v) is 8.76. The van der Waals surface area contributed by atoms with Gasteiger partial charge >= 0.3 is 5.97 Å². The fourth-order valence-electron chi connectivity index (χ4n) is 2.54. The van der Waals surface area contributed by atoms with E-state index < -0.39 is 22.5 Å². The lowest BCUT2D eigenvalue weighted by Crippen LogP contribution is -2.42. The molecule has 0 radical (unpaired) electrons. The van der Waals surface area contributed by atoms with E-state index in [2.05, 4.69) is 0 Å². The van der Waals surface area contributed by atoms with E-state index in [0.717, 1.165) is 30.0 Å². The van der Waals surface area contributed by atoms with Gasteiger partial charge in [-0.3, -0.25) is 4.79 Å². The third-order valence-electron chi connectivity index (χ3n) is 3.67. The van der Waals surface area contributed by atoms with Crippen molar-refractivity contribution >= 4 is 16.0 Å². The Hall–Kier alpha value is -0.660. The molecule has 0 aliphatic heterocycles. The monoisotopic (exact) mass is 306 g/mol. The van der Waals surface area contributed by atoms with Crippen LogP contribution < -0.4 is 0 Å². The van der Waals surface area contributed by atoms with Gasteiger partial charge in [-0.05, 0) is 32.9 Å². The zero-order chi connectivity index (χ0) is 15.2. The van der Waals surface area contributed by atoms with Crippen molar-refractivity contribution in [3.05, 3.63) is 0 Å². The molecule has 6 nitrogen and oxygen atoms in total. The highest BCUT2D eigenvalue weighted by atomic mass is 32.2. The Bertz CT molecular complexity index is 403. The Morgan fingerprint density at radius 2 is 1.75 bits per heavy atom. The molecular formula is C13H26N2O4S. The van der Waals surface area contributed by atoms with Crippen molar-refractivity contribution < 1.29 is 18.3 Å². The summed E-state index contributed by atoms with van der Waals surface area (Å²) >= 11 is 0. The van der Waals surface area contributed by atoms with E-state index in [0.29, 0.717) is 6.54 Å². The molecule has 1 fully saturated rings. The Kier molecular flexibility index (Phi) is 6.91. The van der Waals surface area contributed by atoms with Crippen molar-refractivity contribution in [3.8, 4) is 0 Å². The van der Waals surface area contributed by atoms with Crippen LogP contribution in [0.15, 0.2) is 0 Å². The number of carboxylic acid groups (broad SMARTS) is 1. The van der Waals surface area contributed by atoms with Crippen LogP contribution >= 0.6 is 0 Å². The van der Waals surface area contributed by atoms with Gasteiger partial charge in [0.1, 0.15) is 6.54 Å². The lowest BCUT2D eigenvalue weighted by atomic mass is 9.91. The Morgan fingerprint density at radius 3 is 2.25 bits per heavy atom. The van der Waals surface area contributed by atoms with Crippen LogP contribution in [-0.2, 0) is 14.8 Å². The maximum Gasteiger partial charge on any atom is 0.318 e. The highest BCUT2D eigenvalue weighted by Crippen LogP contribution is 2.25. The largest absolute Gasteiger partial charge is 0.480 e. The molecule has 1 saturated carbocycles. The number of carboxylic acids is 1. The first-order chi connectivity index (χ1) is 9.31. The second kappa shape index (κ2) is 7.95. The molecule has 0 bridgehead atoms. The summed E-state index contributed by atoms with van der Waals surface area (Å²) in [4.78, 5) is 12.7. The van der Waals surface area contributed by atoms with Gasteiger partial charge in [-0.25, -0.2) is 8.42 Å². The molecule has 20 heavy (non-hydrogen) atoms. The van der Waals surface area contributed by atoms with Gasteiger partial charge in [0, 0.05) is 13.1 Å². The lowest BCUT2D eigenvalue weighted by Gasteiger charge is -2.26. The van der Waals surface area contributed by atoms with Gasteiger partial charge in [-0.2, -0.15) is 4.31 Å². The number of hydrogen-bond donors (Lipinski definition) is 1. The minimum Gasteiger partial charge on any atom is -0.480 e. The fraction of sp³-hybridized carbons (Fsp3) is 0.923. The van der Waals surface area contributed by atoms with Crippen molar-refractivity contribution in [1.29, 1.82) is 0 Å². The molecular weight excluding hydrogens is 280 g/mol. The van der Waals surface area contributed by atoms with Gasteiger partial charge in [0.25, 0.3) is 0 Å². The summed E-state index contributed by atoms with van der Waals surface area (Å²) in [5.74, 6) is -0.825. The van der Waals surface area contributed by atoms with Crippen molar-refractivity contribution in [1.82, 2.24) is 9.21 Å². The lowest BCUT2D eigenvalue weighted by molar-refractivity contribution is -0.137. The highest BCUT2D eigenvalue weighted by molar-refractivity contribution is 7.89. The molecule has 1 N–H and O–H groups in total. The highest BCUT2D eigenvalue weighted by Gasteiger charge is 2.28. The average molecular weight is 306 g/mol. The quantitative estimate of drug-likeness (QED) is 0.719. The summed E-state index contributed by atoms with van der Waals surface area (Å²) < 4.78 is 25.9. The minimum absolute atomic E-state index is 0.0910. The average Bonchev–Trinajstić information content (AvgIpc) is 2.34. The summed E-state index contributed by atoms with van der Waals surface area (Å²) in [5, 5.41) is 8.90. The molecule has 1 aliphatic rings. The molecule has 1 aliphatic carbocycles. The predicted molar refractivity (Wildman–Crippen MR) is 78.1 cm³/mol. The van der Waals surface area contributed by atoms with Gasteiger partial charge in [-0.1, -0.05) is 19.3 Å². The standard InChI is InChI=1S/C13H26N2O4S/c1-14(2)8-9-15(10-13(16)17)20(18,19)11-12-6-4-3-5-7-12/h12H,3-11H2,1-2H3,(H,16,17). The molecule has 0 aromatic heterocycles. The van der Waals surface area contributed by atoms with E-state index >= 15 is 0 Å². The summed E-state index contributed by atoms with van der Waals surface area (Å²) in [7, 11) is 0.193. The van der Waals surface area contributed by atoms with Crippen molar-refractivity contribution in [2.75, 3.05) is 39.5 Å². The molecule has 7 heteroatoms. The SMILES string of the molecule is CN(C)CCN(CC(=O)O)S(=O)(=O)CC1CCCCC1. The van der Waals surface area contributed by atoms with E-state index in [1.807, 2.05) is 19.0 Å². The third kappa shape index (κ3) is 6.19. The number of nitrogens with zero attached hydrogens (tertiary/aromatic N) is 2. The summed E-state index contributed by atoms with van der Waals surface area (Å²) in [5.41, 5.74) is 0. The summed E-state index contributed by atoms with van der Waals surface area (Å²) in [6.45, 7) is 0.314. The second-order valence-corrected chi connectivity index (χ2v) is 7.83. The zero-order valence-electron chi connectivity index (χ0n) is 12.4. The van der Waals surface area contributed by atoms with Gasteiger partial charge in [0.2, 0.25) is 10.0 Å². The molecule has 0 aromatic rings. The normalized spacial score (nSPS) is 17.8. The number of likely N-dealkylation sites (N-methyl/N-ethyl adjacent to an activating group) is 1. The van der Waals surface area contributed by atoms with Crippen LogP contribution in [0.5, 0.6) is 0 Å². The Labute approximate surface area is 121 Å². The van der Waals surface area contributed by atoms with E-state index in [4.69, 9.17) is 5.11 Å². The Morgan fingerprint density at radius 1 is 1.15 bits per heavy atom. The molecule has 0 atom stereocenters. The first-order valence-electron chi connectivity index (χ1n) is 7.15. The van der Waals surface area contributed by atoms with Crippen LogP contribution in [0.1, 0.15) is 32.1 Å². The van der Waals surface area contributed by atoms with E-state index in [-0.39, 0.29) is 18.2 Å². The number of carbonyl (C=O) groups is 1. The summed E-state index contributed by atoms with van der Waals surface area (Å²) in [6.07, 6.45) is 5.21. The van der Waals surface area contributed by atoms with Crippen molar-refractivity contribution in [2.24, 2.45) is 5.92 Å². The number of rotatable bonds is 8. The topological polar surface area (TPSA) is 77.9 Å². The van der Waals surface area contributed by atoms with Crippen LogP contribution in [0.25, 0.3) is 0 Å². The van der Waals surface area contributed by atoms with Gasteiger partial charge in [0.05, 0.1) is 5.75 Å². The number of aliphatic carboxylic acids is 1. The number of hydrogen-bond acceptors (Lipinski definition) is 4. The van der Waals surface area contributed by atoms with Crippen LogP contribution in [0.2, 0.25) is 0 Å². The number of sulfonamides is 1. The maximum atomic E-state index is 12.4. The van der Waals surface area contributed by atoms with E-state index in [1.165, 1.54) is 6.42 Å². The summed E-state index contributed by atoms with van der Waals surface area (Å²) in [6, 6.07) is 0. The molecule has 0 saturated heterocycles. The molecule has 0 unspecified atom stereocenters. The van der Waals surface area contributed by atoms with Crippen molar-refractivity contribution in [2.45, 2.75) is 32.1 Å². The molecule has 118 valence electrons. The van der Waals surface area contributed by atoms with Gasteiger partial charge < -0.3 is 10.0 Å². The minimum atomic E-state index is -3.49. The van der Waals surface area contributed by atoms with Crippen LogP contribution in [0.4, 0.5) is 0 Å². The maximum absolute atomic E-state index is 12.4. The zero-order valence-corrected chi connectivity index (χ0v) is 13.2. The van der Waals surface area contributed by atoms with E-state index in [1.54, 1.807) is 0 Å². The van der Waals surface area contributed by atoms with Crippen molar-refractivity contribution in [3.63, 3.8) is 0 Å². The van der Waals surface area contributed by atoms with E-state index in [9.17, 15) is 13.2 Å². The van der Waals surface area contributed by atoms with Crippen LogP contribution in [-0.4, -0.2) is 68.2 Å². The predicted octanol–water partition coefficient (Wildman–Crippen LogP) is 0.845. The molecule has 0 amide bonds. The third-order valence-corrected chi connectivity index (χ3v) is 5.66. The molecule has 0 aromatic carbocycles. The second-order valence-electron chi connectivity index (χ2n) is 5.81. The fourth-order valence-corrected chi connectivity index (χ4v) is 4.34. The molecule has 0 spiro atoms. The van der Waals surface area contributed by atoms with Crippen LogP contribution in [0.3, 0.4) is 0 Å². The first kappa shape index (κ1) is 17.4.